The van der Waals surface area contributed by atoms with E-state index >= 15 is 0 Å². The van der Waals surface area contributed by atoms with Gasteiger partial charge in [0.15, 0.2) is 0 Å². The van der Waals surface area contributed by atoms with E-state index in [0.29, 0.717) is 44.0 Å². The summed E-state index contributed by atoms with van der Waals surface area (Å²) in [6.45, 7) is 3.44. The van der Waals surface area contributed by atoms with E-state index in [2.05, 4.69) is 0 Å². The van der Waals surface area contributed by atoms with Gasteiger partial charge in [-0.2, -0.15) is 4.31 Å². The van der Waals surface area contributed by atoms with Crippen molar-refractivity contribution in [2.24, 2.45) is 0 Å². The van der Waals surface area contributed by atoms with Crippen LogP contribution >= 0.6 is 0 Å². The summed E-state index contributed by atoms with van der Waals surface area (Å²) < 4.78 is 46.1. The van der Waals surface area contributed by atoms with Crippen molar-refractivity contribution in [3.63, 3.8) is 0 Å². The first-order chi connectivity index (χ1) is 14.4. The zero-order valence-corrected chi connectivity index (χ0v) is 17.7. The number of sulfonamides is 1. The maximum absolute atomic E-state index is 13.3. The van der Waals surface area contributed by atoms with Crippen LogP contribution in [0.25, 0.3) is 0 Å². The highest BCUT2D eigenvalue weighted by molar-refractivity contribution is 7.89. The number of morpholine rings is 1. The molecule has 0 N–H and O–H groups in total. The van der Waals surface area contributed by atoms with Gasteiger partial charge in [0.05, 0.1) is 18.1 Å². The summed E-state index contributed by atoms with van der Waals surface area (Å²) in [5, 5.41) is 0. The average molecular weight is 433 g/mol. The Morgan fingerprint density at radius 2 is 1.80 bits per heavy atom. The largest absolute Gasteiger partial charge is 0.379 e. The molecule has 0 aromatic heterocycles. The van der Waals surface area contributed by atoms with Gasteiger partial charge < -0.3 is 9.64 Å². The van der Waals surface area contributed by atoms with Crippen molar-refractivity contribution in [1.29, 1.82) is 0 Å². The number of nitrogens with zero attached hydrogens (tertiary/aromatic N) is 2. The number of aryl methyl sites for hydroxylation is 1. The van der Waals surface area contributed by atoms with E-state index in [9.17, 15) is 17.6 Å². The summed E-state index contributed by atoms with van der Waals surface area (Å²) in [4.78, 5) is 15.2. The number of carbonyl (C=O) groups is 1. The fourth-order valence-electron chi connectivity index (χ4n) is 3.64. The van der Waals surface area contributed by atoms with E-state index in [1.54, 1.807) is 36.1 Å². The molecule has 2 aromatic rings. The number of amides is 1. The highest BCUT2D eigenvalue weighted by atomic mass is 32.2. The third kappa shape index (κ3) is 4.40. The molecule has 8 heteroatoms. The van der Waals surface area contributed by atoms with Crippen LogP contribution in [-0.4, -0.2) is 55.9 Å². The summed E-state index contributed by atoms with van der Waals surface area (Å²) in [6.07, 6.45) is 1.83. The van der Waals surface area contributed by atoms with Gasteiger partial charge in [-0.15, -0.1) is 0 Å². The van der Waals surface area contributed by atoms with E-state index in [1.807, 2.05) is 0 Å². The van der Waals surface area contributed by atoms with Crippen LogP contribution in [0.3, 0.4) is 0 Å². The van der Waals surface area contributed by atoms with Gasteiger partial charge in [-0.1, -0.05) is 18.2 Å². The van der Waals surface area contributed by atoms with Crippen molar-refractivity contribution in [3.8, 4) is 0 Å². The molecule has 6 nitrogen and oxygen atoms in total. The molecule has 2 fully saturated rings. The quantitative estimate of drug-likeness (QED) is 0.704. The number of carbonyl (C=O) groups excluding carboxylic acids is 1. The lowest BCUT2D eigenvalue weighted by Gasteiger charge is -2.27. The van der Waals surface area contributed by atoms with E-state index in [4.69, 9.17) is 4.74 Å². The van der Waals surface area contributed by atoms with E-state index < -0.39 is 10.0 Å². The van der Waals surface area contributed by atoms with Crippen LogP contribution in [0.15, 0.2) is 47.4 Å². The Kier molecular flexibility index (Phi) is 5.90. The molecule has 160 valence electrons. The molecule has 0 spiro atoms. The topological polar surface area (TPSA) is 66.9 Å². The number of ether oxygens (including phenoxy) is 1. The monoisotopic (exact) mass is 432 g/mol. The van der Waals surface area contributed by atoms with Crippen molar-refractivity contribution in [2.75, 3.05) is 26.3 Å². The van der Waals surface area contributed by atoms with Gasteiger partial charge in [0, 0.05) is 31.2 Å². The maximum atomic E-state index is 13.3. The second-order valence-corrected chi connectivity index (χ2v) is 9.69. The lowest BCUT2D eigenvalue weighted by molar-refractivity contribution is 0.0725. The van der Waals surface area contributed by atoms with Crippen LogP contribution < -0.4 is 0 Å². The molecule has 1 heterocycles. The third-order valence-corrected chi connectivity index (χ3v) is 7.58. The minimum absolute atomic E-state index is 0.128. The zero-order chi connectivity index (χ0) is 21.3. The Labute approximate surface area is 176 Å². The SMILES string of the molecule is Cc1ccc(C(=O)N(Cc2ccc(F)cc2)C2CC2)cc1S(=O)(=O)N1CCOCC1. The van der Waals surface area contributed by atoms with Gasteiger partial charge in [-0.25, -0.2) is 12.8 Å². The molecule has 4 rings (SSSR count). The summed E-state index contributed by atoms with van der Waals surface area (Å²) in [7, 11) is -3.70. The average Bonchev–Trinajstić information content (AvgIpc) is 3.59. The maximum Gasteiger partial charge on any atom is 0.254 e. The van der Waals surface area contributed by atoms with Crippen LogP contribution in [0.4, 0.5) is 4.39 Å². The Morgan fingerprint density at radius 1 is 1.13 bits per heavy atom. The second kappa shape index (κ2) is 8.45. The molecule has 1 saturated heterocycles. The van der Waals surface area contributed by atoms with Crippen LogP contribution in [0, 0.1) is 12.7 Å². The molecule has 0 atom stereocenters. The summed E-state index contributed by atoms with van der Waals surface area (Å²) in [6, 6.07) is 11.1. The van der Waals surface area contributed by atoms with Crippen LogP contribution in [0.1, 0.15) is 34.3 Å². The standard InChI is InChI=1S/C22H25FN2O4S/c1-16-2-5-18(14-21(16)30(27,28)24-10-12-29-13-11-24)22(26)25(20-8-9-20)15-17-3-6-19(23)7-4-17/h2-7,14,20H,8-13,15H2,1H3. The molecule has 2 aromatic carbocycles. The van der Waals surface area contributed by atoms with Gasteiger partial charge in [0.1, 0.15) is 5.82 Å². The molecule has 0 bridgehead atoms. The van der Waals surface area contributed by atoms with Crippen LogP contribution in [-0.2, 0) is 21.3 Å². The van der Waals surface area contributed by atoms with Crippen molar-refractivity contribution in [2.45, 2.75) is 37.2 Å². The highest BCUT2D eigenvalue weighted by Crippen LogP contribution is 2.31. The Bertz CT molecular complexity index is 1030. The predicted octanol–water partition coefficient (Wildman–Crippen LogP) is 2.96. The first kappa shape index (κ1) is 21.0. The van der Waals surface area contributed by atoms with Crippen LogP contribution in [0.2, 0.25) is 0 Å². The van der Waals surface area contributed by atoms with E-state index in [0.717, 1.165) is 18.4 Å². The minimum Gasteiger partial charge on any atom is -0.379 e. The molecular weight excluding hydrogens is 407 g/mol. The normalized spacial score (nSPS) is 17.7. The summed E-state index contributed by atoms with van der Waals surface area (Å²) >= 11 is 0. The van der Waals surface area contributed by atoms with E-state index in [1.165, 1.54) is 22.5 Å². The molecule has 1 amide bonds. The van der Waals surface area contributed by atoms with Gasteiger partial charge in [-0.3, -0.25) is 4.79 Å². The summed E-state index contributed by atoms with van der Waals surface area (Å²) in [5.41, 5.74) is 1.79. The van der Waals surface area contributed by atoms with Crippen LogP contribution in [0.5, 0.6) is 0 Å². The molecule has 30 heavy (non-hydrogen) atoms. The van der Waals surface area contributed by atoms with Gasteiger partial charge in [-0.05, 0) is 55.2 Å². The van der Waals surface area contributed by atoms with Gasteiger partial charge in [0.2, 0.25) is 10.0 Å². The molecule has 2 aliphatic rings. The number of benzene rings is 2. The predicted molar refractivity (Wildman–Crippen MR) is 110 cm³/mol. The molecule has 0 radical (unpaired) electrons. The smallest absolute Gasteiger partial charge is 0.254 e. The fraction of sp³-hybridized carbons (Fsp3) is 0.409. The van der Waals surface area contributed by atoms with Gasteiger partial charge >= 0.3 is 0 Å². The van der Waals surface area contributed by atoms with E-state index in [-0.39, 0.29) is 22.7 Å². The Balaban J connectivity index is 1.61. The van der Waals surface area contributed by atoms with Crippen molar-refractivity contribution in [3.05, 3.63) is 65.0 Å². The lowest BCUT2D eigenvalue weighted by atomic mass is 10.1. The van der Waals surface area contributed by atoms with Crippen molar-refractivity contribution in [1.82, 2.24) is 9.21 Å². The zero-order valence-electron chi connectivity index (χ0n) is 16.9. The number of rotatable bonds is 6. The molecule has 1 aliphatic carbocycles. The number of hydrogen-bond donors (Lipinski definition) is 0. The molecule has 0 unspecified atom stereocenters. The second-order valence-electron chi connectivity index (χ2n) is 7.79. The molecule has 1 aliphatic heterocycles. The lowest BCUT2D eigenvalue weighted by Crippen LogP contribution is -2.41. The number of hydrogen-bond acceptors (Lipinski definition) is 4. The fourth-order valence-corrected chi connectivity index (χ4v) is 5.30. The first-order valence-electron chi connectivity index (χ1n) is 10.1. The first-order valence-corrected chi connectivity index (χ1v) is 11.5. The molecular formula is C22H25FN2O4S. The Morgan fingerprint density at radius 3 is 2.43 bits per heavy atom. The molecule has 1 saturated carbocycles. The Hall–Kier alpha value is -2.29. The minimum atomic E-state index is -3.70. The highest BCUT2D eigenvalue weighted by Gasteiger charge is 2.34. The third-order valence-electron chi connectivity index (χ3n) is 5.54. The van der Waals surface area contributed by atoms with Crippen molar-refractivity contribution >= 4 is 15.9 Å². The van der Waals surface area contributed by atoms with Gasteiger partial charge in [0.25, 0.3) is 5.91 Å². The van der Waals surface area contributed by atoms with Crippen molar-refractivity contribution < 1.29 is 22.3 Å². The number of halogens is 1. The summed E-state index contributed by atoms with van der Waals surface area (Å²) in [5.74, 6) is -0.528.